The first-order valence-electron chi connectivity index (χ1n) is 8.63. The topological polar surface area (TPSA) is 49.7 Å². The number of allylic oxidation sites excluding steroid dienone is 2. The fraction of sp³-hybridized carbons (Fsp3) is 0.190. The van der Waals surface area contributed by atoms with Gasteiger partial charge in [0.15, 0.2) is 5.84 Å². The van der Waals surface area contributed by atoms with E-state index in [2.05, 4.69) is 47.7 Å². The Kier molecular flexibility index (Phi) is 4.24. The molecule has 26 heavy (non-hydrogen) atoms. The first kappa shape index (κ1) is 16.8. The SMILES string of the molecule is Cc1ccc(Cc2ccc(C3=CC=CN4CCS(=O)(=O)N=C34)cc2)cc1. The van der Waals surface area contributed by atoms with Crippen LogP contribution < -0.4 is 0 Å². The van der Waals surface area contributed by atoms with Gasteiger partial charge in [-0.1, -0.05) is 54.1 Å². The Balaban J connectivity index is 1.60. The Morgan fingerprint density at radius 1 is 1.00 bits per heavy atom. The molecule has 2 aromatic carbocycles. The molecule has 0 spiro atoms. The van der Waals surface area contributed by atoms with Crippen LogP contribution in [0.2, 0.25) is 0 Å². The lowest BCUT2D eigenvalue weighted by atomic mass is 9.98. The third-order valence-electron chi connectivity index (χ3n) is 4.65. The van der Waals surface area contributed by atoms with Crippen molar-refractivity contribution in [2.24, 2.45) is 4.40 Å². The molecule has 4 rings (SSSR count). The Labute approximate surface area is 154 Å². The second-order valence-corrected chi connectivity index (χ2v) is 8.43. The van der Waals surface area contributed by atoms with Crippen LogP contribution in [0.15, 0.2) is 71.3 Å². The molecule has 0 unspecified atom stereocenters. The van der Waals surface area contributed by atoms with E-state index in [4.69, 9.17) is 0 Å². The van der Waals surface area contributed by atoms with E-state index in [9.17, 15) is 8.42 Å². The molecule has 132 valence electrons. The van der Waals surface area contributed by atoms with Gasteiger partial charge in [0, 0.05) is 18.3 Å². The maximum Gasteiger partial charge on any atom is 0.256 e. The first-order valence-corrected chi connectivity index (χ1v) is 10.2. The highest BCUT2D eigenvalue weighted by atomic mass is 32.2. The van der Waals surface area contributed by atoms with Crippen LogP contribution in [0.4, 0.5) is 0 Å². The minimum absolute atomic E-state index is 0.0591. The lowest BCUT2D eigenvalue weighted by molar-refractivity contribution is 0.550. The van der Waals surface area contributed by atoms with Crippen molar-refractivity contribution >= 4 is 21.4 Å². The van der Waals surface area contributed by atoms with E-state index in [0.717, 1.165) is 17.6 Å². The molecule has 0 saturated carbocycles. The second-order valence-electron chi connectivity index (χ2n) is 6.68. The number of hydrogen-bond acceptors (Lipinski definition) is 3. The Morgan fingerprint density at radius 2 is 1.65 bits per heavy atom. The summed E-state index contributed by atoms with van der Waals surface area (Å²) in [6, 6.07) is 16.8. The number of sulfonamides is 1. The van der Waals surface area contributed by atoms with Crippen molar-refractivity contribution in [3.8, 4) is 0 Å². The van der Waals surface area contributed by atoms with Gasteiger partial charge in [-0.2, -0.15) is 0 Å². The summed E-state index contributed by atoms with van der Waals surface area (Å²) in [7, 11) is -3.37. The summed E-state index contributed by atoms with van der Waals surface area (Å²) in [5.41, 5.74) is 5.58. The molecule has 0 radical (unpaired) electrons. The average Bonchev–Trinajstić information content (AvgIpc) is 2.63. The smallest absolute Gasteiger partial charge is 0.256 e. The molecular weight excluding hydrogens is 344 g/mol. The normalized spacial score (nSPS) is 18.1. The molecular formula is C21H20N2O2S. The van der Waals surface area contributed by atoms with Crippen LogP contribution in [0.5, 0.6) is 0 Å². The predicted molar refractivity (Wildman–Crippen MR) is 105 cm³/mol. The van der Waals surface area contributed by atoms with Crippen LogP contribution in [0, 0.1) is 6.92 Å². The molecule has 0 aromatic heterocycles. The predicted octanol–water partition coefficient (Wildman–Crippen LogP) is 3.54. The number of benzene rings is 2. The molecule has 0 saturated heterocycles. The second kappa shape index (κ2) is 6.57. The number of aryl methyl sites for hydroxylation is 1. The third kappa shape index (κ3) is 3.48. The van der Waals surface area contributed by atoms with E-state index < -0.39 is 10.0 Å². The summed E-state index contributed by atoms with van der Waals surface area (Å²) >= 11 is 0. The van der Waals surface area contributed by atoms with Gasteiger partial charge in [0.2, 0.25) is 0 Å². The van der Waals surface area contributed by atoms with Crippen molar-refractivity contribution in [2.45, 2.75) is 13.3 Å². The Hall–Kier alpha value is -2.66. The molecule has 0 aliphatic carbocycles. The van der Waals surface area contributed by atoms with E-state index in [-0.39, 0.29) is 5.75 Å². The molecule has 0 bridgehead atoms. The molecule has 0 fully saturated rings. The van der Waals surface area contributed by atoms with E-state index in [1.807, 2.05) is 35.4 Å². The van der Waals surface area contributed by atoms with Crippen LogP contribution in [0.1, 0.15) is 22.3 Å². The molecule has 5 heteroatoms. The highest BCUT2D eigenvalue weighted by Gasteiger charge is 2.27. The molecule has 0 amide bonds. The minimum Gasteiger partial charge on any atom is -0.331 e. The fourth-order valence-electron chi connectivity index (χ4n) is 3.19. The van der Waals surface area contributed by atoms with Crippen molar-refractivity contribution in [2.75, 3.05) is 12.3 Å². The van der Waals surface area contributed by atoms with Gasteiger partial charge in [0.1, 0.15) is 0 Å². The number of fused-ring (bicyclic) bond motifs is 1. The fourth-order valence-corrected chi connectivity index (χ4v) is 4.17. The van der Waals surface area contributed by atoms with Crippen molar-refractivity contribution in [1.29, 1.82) is 0 Å². The van der Waals surface area contributed by atoms with E-state index in [1.54, 1.807) is 0 Å². The van der Waals surface area contributed by atoms with Crippen LogP contribution in [0.25, 0.3) is 5.57 Å². The summed E-state index contributed by atoms with van der Waals surface area (Å²) in [5, 5.41) is 0. The quantitative estimate of drug-likeness (QED) is 0.837. The average molecular weight is 364 g/mol. The zero-order valence-corrected chi connectivity index (χ0v) is 15.4. The first-order chi connectivity index (χ1) is 12.5. The van der Waals surface area contributed by atoms with Gasteiger partial charge in [0.25, 0.3) is 10.0 Å². The van der Waals surface area contributed by atoms with Crippen LogP contribution in [-0.4, -0.2) is 31.5 Å². The number of hydrogen-bond donors (Lipinski definition) is 0. The van der Waals surface area contributed by atoms with Crippen molar-refractivity contribution < 1.29 is 8.42 Å². The lowest BCUT2D eigenvalue weighted by Crippen LogP contribution is -2.37. The van der Waals surface area contributed by atoms with Crippen LogP contribution >= 0.6 is 0 Å². The summed E-state index contributed by atoms with van der Waals surface area (Å²) in [6.45, 7) is 2.53. The molecule has 4 nitrogen and oxygen atoms in total. The summed E-state index contributed by atoms with van der Waals surface area (Å²) in [5.74, 6) is 0.578. The highest BCUT2D eigenvalue weighted by molar-refractivity contribution is 7.90. The van der Waals surface area contributed by atoms with Crippen molar-refractivity contribution in [3.63, 3.8) is 0 Å². The van der Waals surface area contributed by atoms with E-state index in [0.29, 0.717) is 12.4 Å². The van der Waals surface area contributed by atoms with Crippen molar-refractivity contribution in [3.05, 3.63) is 89.1 Å². The maximum atomic E-state index is 11.9. The molecule has 2 aliphatic rings. The largest absolute Gasteiger partial charge is 0.331 e. The van der Waals surface area contributed by atoms with Crippen molar-refractivity contribution in [1.82, 2.24) is 4.90 Å². The summed E-state index contributed by atoms with van der Waals surface area (Å²) < 4.78 is 27.8. The van der Waals surface area contributed by atoms with Gasteiger partial charge < -0.3 is 4.90 Å². The Morgan fingerprint density at radius 3 is 2.35 bits per heavy atom. The van der Waals surface area contributed by atoms with Gasteiger partial charge >= 0.3 is 0 Å². The molecule has 2 aliphatic heterocycles. The van der Waals surface area contributed by atoms with Gasteiger partial charge in [-0.3, -0.25) is 0 Å². The van der Waals surface area contributed by atoms with E-state index >= 15 is 0 Å². The molecule has 0 N–H and O–H groups in total. The lowest BCUT2D eigenvalue weighted by Gasteiger charge is -2.29. The zero-order chi connectivity index (χ0) is 18.1. The number of nitrogens with zero attached hydrogens (tertiary/aromatic N) is 2. The number of amidine groups is 1. The monoisotopic (exact) mass is 364 g/mol. The highest BCUT2D eigenvalue weighted by Crippen LogP contribution is 2.26. The van der Waals surface area contributed by atoms with Crippen LogP contribution in [0.3, 0.4) is 0 Å². The Bertz CT molecular complexity index is 1010. The summed E-state index contributed by atoms with van der Waals surface area (Å²) in [6.07, 6.45) is 6.61. The summed E-state index contributed by atoms with van der Waals surface area (Å²) in [4.78, 5) is 1.90. The van der Waals surface area contributed by atoms with E-state index in [1.165, 1.54) is 16.7 Å². The van der Waals surface area contributed by atoms with Gasteiger partial charge in [0.05, 0.1) is 5.75 Å². The standard InChI is InChI=1S/C21H20N2O2S/c1-16-4-6-17(7-5-16)15-18-8-10-19(11-9-18)20-3-2-12-23-13-14-26(24,25)22-21(20)23/h2-12H,13-15H2,1H3. The maximum absolute atomic E-state index is 11.9. The van der Waals surface area contributed by atoms with Gasteiger partial charge in [-0.25, -0.2) is 8.42 Å². The van der Waals surface area contributed by atoms with Gasteiger partial charge in [-0.15, -0.1) is 4.40 Å². The molecule has 0 atom stereocenters. The zero-order valence-electron chi connectivity index (χ0n) is 14.6. The van der Waals surface area contributed by atoms with Crippen LogP contribution in [-0.2, 0) is 16.4 Å². The number of rotatable bonds is 3. The molecule has 2 aromatic rings. The third-order valence-corrected chi connectivity index (χ3v) is 5.80. The minimum atomic E-state index is -3.37. The molecule has 2 heterocycles. The van der Waals surface area contributed by atoms with Gasteiger partial charge in [-0.05, 0) is 42.2 Å².